The molecule has 0 aromatic rings. The number of likely N-dealkylation sites (tertiary alicyclic amines) is 1. The van der Waals surface area contributed by atoms with Gasteiger partial charge in [0.15, 0.2) is 0 Å². The van der Waals surface area contributed by atoms with Gasteiger partial charge in [-0.2, -0.15) is 0 Å². The molecule has 0 bridgehead atoms. The van der Waals surface area contributed by atoms with Crippen molar-refractivity contribution in [1.82, 2.24) is 4.90 Å². The molecule has 1 saturated carbocycles. The molecule has 0 aromatic heterocycles. The Morgan fingerprint density at radius 2 is 1.76 bits per heavy atom. The van der Waals surface area contributed by atoms with Gasteiger partial charge in [-0.1, -0.05) is 20.3 Å². The summed E-state index contributed by atoms with van der Waals surface area (Å²) in [7, 11) is 0. The lowest BCUT2D eigenvalue weighted by Crippen LogP contribution is -2.47. The molecule has 17 heavy (non-hydrogen) atoms. The Bertz CT molecular complexity index is 266. The number of fused-ring (bicyclic) bond motifs is 1. The summed E-state index contributed by atoms with van der Waals surface area (Å²) in [5.74, 6) is 1.88. The van der Waals surface area contributed by atoms with Gasteiger partial charge in [0.2, 0.25) is 5.91 Å². The third kappa shape index (κ3) is 2.10. The first-order valence-electron chi connectivity index (χ1n) is 7.16. The highest BCUT2D eigenvalue weighted by Gasteiger charge is 2.43. The minimum absolute atomic E-state index is 0.293. The van der Waals surface area contributed by atoms with E-state index in [0.717, 1.165) is 37.8 Å². The van der Waals surface area contributed by atoms with Gasteiger partial charge in [-0.3, -0.25) is 4.79 Å². The molecule has 0 radical (unpaired) electrons. The van der Waals surface area contributed by atoms with Crippen molar-refractivity contribution in [2.75, 3.05) is 19.6 Å². The van der Waals surface area contributed by atoms with Gasteiger partial charge in [-0.05, 0) is 37.5 Å². The summed E-state index contributed by atoms with van der Waals surface area (Å²) in [4.78, 5) is 14.7. The topological polar surface area (TPSA) is 46.3 Å². The third-order valence-electron chi connectivity index (χ3n) is 5.21. The van der Waals surface area contributed by atoms with E-state index in [0.29, 0.717) is 12.5 Å². The second kappa shape index (κ2) is 4.97. The summed E-state index contributed by atoms with van der Waals surface area (Å²) in [6, 6.07) is 0. The van der Waals surface area contributed by atoms with Gasteiger partial charge in [0.25, 0.3) is 0 Å². The quantitative estimate of drug-likeness (QED) is 0.814. The van der Waals surface area contributed by atoms with Crippen LogP contribution < -0.4 is 5.73 Å². The number of carbonyl (C=O) groups is 1. The van der Waals surface area contributed by atoms with Crippen molar-refractivity contribution < 1.29 is 4.79 Å². The maximum absolute atomic E-state index is 12.6. The number of carbonyl (C=O) groups excluding carboxylic acids is 1. The van der Waals surface area contributed by atoms with Crippen molar-refractivity contribution in [2.45, 2.75) is 46.0 Å². The minimum atomic E-state index is -0.293. The monoisotopic (exact) mass is 238 g/mol. The average Bonchev–Trinajstić information content (AvgIpc) is 2.92. The SMILES string of the molecule is CCC(CC)(CN)C(=O)N1CC2CCCC2C1. The van der Waals surface area contributed by atoms with E-state index >= 15 is 0 Å². The molecule has 98 valence electrons. The van der Waals surface area contributed by atoms with Crippen LogP contribution in [0, 0.1) is 17.3 Å². The highest BCUT2D eigenvalue weighted by atomic mass is 16.2. The molecule has 2 aliphatic rings. The van der Waals surface area contributed by atoms with Crippen LogP contribution in [0.15, 0.2) is 0 Å². The Morgan fingerprint density at radius 1 is 1.24 bits per heavy atom. The fourth-order valence-corrected chi connectivity index (χ4v) is 3.66. The summed E-state index contributed by atoms with van der Waals surface area (Å²) in [6.45, 7) is 6.65. The number of nitrogens with zero attached hydrogens (tertiary/aromatic N) is 1. The molecular formula is C14H26N2O. The van der Waals surface area contributed by atoms with Gasteiger partial charge in [0.05, 0.1) is 5.41 Å². The Balaban J connectivity index is 2.05. The molecule has 0 aromatic carbocycles. The van der Waals surface area contributed by atoms with Crippen molar-refractivity contribution >= 4 is 5.91 Å². The zero-order chi connectivity index (χ0) is 12.5. The standard InChI is InChI=1S/C14H26N2O/c1-3-14(4-2,10-15)13(17)16-8-11-6-5-7-12(11)9-16/h11-12H,3-10,15H2,1-2H3. The Morgan fingerprint density at radius 3 is 2.18 bits per heavy atom. The molecule has 2 unspecified atom stereocenters. The van der Waals surface area contributed by atoms with Crippen molar-refractivity contribution in [3.8, 4) is 0 Å². The smallest absolute Gasteiger partial charge is 0.230 e. The predicted octanol–water partition coefficient (Wildman–Crippen LogP) is 2.01. The van der Waals surface area contributed by atoms with E-state index in [1.54, 1.807) is 0 Å². The maximum Gasteiger partial charge on any atom is 0.230 e. The van der Waals surface area contributed by atoms with Gasteiger partial charge < -0.3 is 10.6 Å². The first-order chi connectivity index (χ1) is 8.16. The zero-order valence-electron chi connectivity index (χ0n) is 11.2. The highest BCUT2D eigenvalue weighted by molar-refractivity contribution is 5.83. The maximum atomic E-state index is 12.6. The van der Waals surface area contributed by atoms with Crippen LogP contribution in [-0.4, -0.2) is 30.4 Å². The van der Waals surface area contributed by atoms with Crippen LogP contribution >= 0.6 is 0 Å². The van der Waals surface area contributed by atoms with Crippen LogP contribution in [0.3, 0.4) is 0 Å². The van der Waals surface area contributed by atoms with Gasteiger partial charge in [0, 0.05) is 19.6 Å². The molecular weight excluding hydrogens is 212 g/mol. The summed E-state index contributed by atoms with van der Waals surface area (Å²) in [5.41, 5.74) is 5.57. The normalized spacial score (nSPS) is 28.5. The summed E-state index contributed by atoms with van der Waals surface area (Å²) in [6.07, 6.45) is 5.74. The average molecular weight is 238 g/mol. The van der Waals surface area contributed by atoms with Crippen LogP contribution in [0.5, 0.6) is 0 Å². The molecule has 1 amide bonds. The van der Waals surface area contributed by atoms with Crippen molar-refractivity contribution in [1.29, 1.82) is 0 Å². The predicted molar refractivity (Wildman–Crippen MR) is 69.5 cm³/mol. The molecule has 2 rings (SSSR count). The van der Waals surface area contributed by atoms with E-state index in [2.05, 4.69) is 18.7 Å². The van der Waals surface area contributed by atoms with Crippen LogP contribution in [0.25, 0.3) is 0 Å². The van der Waals surface area contributed by atoms with Crippen LogP contribution in [0.1, 0.15) is 46.0 Å². The van der Waals surface area contributed by atoms with Crippen molar-refractivity contribution in [3.05, 3.63) is 0 Å². The molecule has 2 N–H and O–H groups in total. The van der Waals surface area contributed by atoms with Gasteiger partial charge in [0.1, 0.15) is 0 Å². The Labute approximate surface area is 105 Å². The number of rotatable bonds is 4. The molecule has 3 nitrogen and oxygen atoms in total. The van der Waals surface area contributed by atoms with E-state index in [-0.39, 0.29) is 5.41 Å². The van der Waals surface area contributed by atoms with E-state index in [9.17, 15) is 4.79 Å². The molecule has 3 heteroatoms. The lowest BCUT2D eigenvalue weighted by Gasteiger charge is -2.33. The van der Waals surface area contributed by atoms with Gasteiger partial charge >= 0.3 is 0 Å². The second-order valence-electron chi connectivity index (χ2n) is 5.85. The lowest BCUT2D eigenvalue weighted by molar-refractivity contribution is -0.141. The van der Waals surface area contributed by atoms with E-state index in [1.807, 2.05) is 0 Å². The summed E-state index contributed by atoms with van der Waals surface area (Å²) < 4.78 is 0. The molecule has 2 atom stereocenters. The molecule has 1 saturated heterocycles. The number of nitrogens with two attached hydrogens (primary N) is 1. The third-order valence-corrected chi connectivity index (χ3v) is 5.21. The Kier molecular flexibility index (Phi) is 3.76. The lowest BCUT2D eigenvalue weighted by atomic mass is 9.81. The number of amides is 1. The number of hydrogen-bond donors (Lipinski definition) is 1. The molecule has 1 aliphatic heterocycles. The van der Waals surface area contributed by atoms with Crippen LogP contribution in [0.2, 0.25) is 0 Å². The largest absolute Gasteiger partial charge is 0.342 e. The summed E-state index contributed by atoms with van der Waals surface area (Å²) >= 11 is 0. The second-order valence-corrected chi connectivity index (χ2v) is 5.85. The minimum Gasteiger partial charge on any atom is -0.342 e. The van der Waals surface area contributed by atoms with Gasteiger partial charge in [-0.25, -0.2) is 0 Å². The highest BCUT2D eigenvalue weighted by Crippen LogP contribution is 2.40. The molecule has 0 spiro atoms. The first-order valence-corrected chi connectivity index (χ1v) is 7.16. The van der Waals surface area contributed by atoms with E-state index in [4.69, 9.17) is 5.73 Å². The van der Waals surface area contributed by atoms with E-state index < -0.39 is 0 Å². The van der Waals surface area contributed by atoms with Gasteiger partial charge in [-0.15, -0.1) is 0 Å². The molecule has 2 fully saturated rings. The fourth-order valence-electron chi connectivity index (χ4n) is 3.66. The summed E-state index contributed by atoms with van der Waals surface area (Å²) in [5, 5.41) is 0. The van der Waals surface area contributed by atoms with E-state index in [1.165, 1.54) is 19.3 Å². The van der Waals surface area contributed by atoms with Crippen molar-refractivity contribution in [3.63, 3.8) is 0 Å². The fraction of sp³-hybridized carbons (Fsp3) is 0.929. The number of hydrogen-bond acceptors (Lipinski definition) is 2. The van der Waals surface area contributed by atoms with Crippen LogP contribution in [0.4, 0.5) is 0 Å². The van der Waals surface area contributed by atoms with Crippen molar-refractivity contribution in [2.24, 2.45) is 23.0 Å². The Hall–Kier alpha value is -0.570. The molecule has 1 aliphatic carbocycles. The van der Waals surface area contributed by atoms with Crippen LogP contribution in [-0.2, 0) is 4.79 Å². The zero-order valence-corrected chi connectivity index (χ0v) is 11.2. The first kappa shape index (κ1) is 12.9. The molecule has 1 heterocycles.